The van der Waals surface area contributed by atoms with Gasteiger partial charge >= 0.3 is 0 Å². The zero-order valence-electron chi connectivity index (χ0n) is 14.0. The summed E-state index contributed by atoms with van der Waals surface area (Å²) in [6, 6.07) is 10.4. The van der Waals surface area contributed by atoms with Gasteiger partial charge in [-0.25, -0.2) is 0 Å². The van der Waals surface area contributed by atoms with Crippen LogP contribution in [0.4, 0.5) is 0 Å². The molecule has 3 fully saturated rings. The second kappa shape index (κ2) is 4.69. The summed E-state index contributed by atoms with van der Waals surface area (Å²) in [7, 11) is 0. The molecule has 1 heterocycles. The third kappa shape index (κ3) is 1.80. The van der Waals surface area contributed by atoms with Crippen molar-refractivity contribution in [3.63, 3.8) is 0 Å². The summed E-state index contributed by atoms with van der Waals surface area (Å²) in [5.41, 5.74) is 2.95. The van der Waals surface area contributed by atoms with E-state index in [0.717, 1.165) is 0 Å². The minimum atomic E-state index is -0.175. The molecule has 1 aromatic rings. The zero-order valence-corrected chi connectivity index (χ0v) is 14.0. The maximum absolute atomic E-state index is 6.40. The van der Waals surface area contributed by atoms with Gasteiger partial charge in [-0.05, 0) is 42.2 Å². The van der Waals surface area contributed by atoms with Crippen LogP contribution in [-0.4, -0.2) is 18.5 Å². The van der Waals surface area contributed by atoms with Gasteiger partial charge in [0.05, 0.1) is 12.2 Å². The van der Waals surface area contributed by atoms with Gasteiger partial charge in [-0.3, -0.25) is 0 Å². The van der Waals surface area contributed by atoms with Gasteiger partial charge in [-0.15, -0.1) is 0 Å². The molecule has 3 aliphatic rings. The van der Waals surface area contributed by atoms with Crippen LogP contribution in [0.25, 0.3) is 6.08 Å². The topological polar surface area (TPSA) is 18.5 Å². The van der Waals surface area contributed by atoms with E-state index in [2.05, 4.69) is 58.0 Å². The molecule has 0 radical (unpaired) electrons. The van der Waals surface area contributed by atoms with Crippen LogP contribution in [-0.2, 0) is 9.47 Å². The zero-order chi connectivity index (χ0) is 15.5. The fourth-order valence-corrected chi connectivity index (χ4v) is 5.02. The summed E-state index contributed by atoms with van der Waals surface area (Å²) < 4.78 is 12.8. The van der Waals surface area contributed by atoms with Gasteiger partial charge in [0.25, 0.3) is 0 Å². The van der Waals surface area contributed by atoms with Gasteiger partial charge in [-0.1, -0.05) is 57.2 Å². The van der Waals surface area contributed by atoms with Gasteiger partial charge in [0.1, 0.15) is 0 Å². The van der Waals surface area contributed by atoms with Gasteiger partial charge in [0, 0.05) is 5.41 Å². The second-order valence-corrected chi connectivity index (χ2v) is 8.07. The van der Waals surface area contributed by atoms with Gasteiger partial charge in [-0.2, -0.15) is 0 Å². The van der Waals surface area contributed by atoms with Crippen molar-refractivity contribution in [2.75, 3.05) is 0 Å². The molecule has 22 heavy (non-hydrogen) atoms. The van der Waals surface area contributed by atoms with Crippen molar-refractivity contribution < 1.29 is 9.47 Å². The van der Waals surface area contributed by atoms with Crippen molar-refractivity contribution in [3.05, 3.63) is 41.5 Å². The van der Waals surface area contributed by atoms with Gasteiger partial charge < -0.3 is 9.47 Å². The van der Waals surface area contributed by atoms with Crippen LogP contribution in [0.1, 0.15) is 46.1 Å². The van der Waals surface area contributed by atoms with E-state index in [-0.39, 0.29) is 23.9 Å². The van der Waals surface area contributed by atoms with Crippen molar-refractivity contribution in [3.8, 4) is 0 Å². The quantitative estimate of drug-likeness (QED) is 0.791. The molecule has 2 saturated carbocycles. The van der Waals surface area contributed by atoms with Crippen LogP contribution in [0.3, 0.4) is 0 Å². The molecular formula is C20H26O2. The normalized spacial score (nSPS) is 42.6. The van der Waals surface area contributed by atoms with Crippen LogP contribution in [0.15, 0.2) is 35.9 Å². The Morgan fingerprint density at radius 2 is 1.86 bits per heavy atom. The molecule has 0 unspecified atom stereocenters. The second-order valence-electron chi connectivity index (χ2n) is 8.07. The van der Waals surface area contributed by atoms with E-state index >= 15 is 0 Å². The van der Waals surface area contributed by atoms with Gasteiger partial charge in [0.15, 0.2) is 6.29 Å². The van der Waals surface area contributed by atoms with Crippen LogP contribution >= 0.6 is 0 Å². The number of fused-ring (bicyclic) bond motifs is 5. The van der Waals surface area contributed by atoms with Gasteiger partial charge in [0.2, 0.25) is 0 Å². The average molecular weight is 298 g/mol. The van der Waals surface area contributed by atoms with Crippen molar-refractivity contribution in [1.29, 1.82) is 0 Å². The van der Waals surface area contributed by atoms with Crippen LogP contribution in [0.2, 0.25) is 0 Å². The summed E-state index contributed by atoms with van der Waals surface area (Å²) >= 11 is 0. The van der Waals surface area contributed by atoms with E-state index in [1.165, 1.54) is 24.0 Å². The highest BCUT2D eigenvalue weighted by molar-refractivity contribution is 5.52. The molecule has 118 valence electrons. The van der Waals surface area contributed by atoms with E-state index in [1.54, 1.807) is 0 Å². The lowest BCUT2D eigenvalue weighted by atomic mass is 9.70. The predicted molar refractivity (Wildman–Crippen MR) is 88.2 cm³/mol. The highest BCUT2D eigenvalue weighted by atomic mass is 16.7. The lowest BCUT2D eigenvalue weighted by Gasteiger charge is -2.38. The van der Waals surface area contributed by atoms with Crippen molar-refractivity contribution in [2.24, 2.45) is 16.7 Å². The number of hydrogen-bond donors (Lipinski definition) is 0. The molecule has 0 amide bonds. The monoisotopic (exact) mass is 298 g/mol. The first kappa shape index (κ1) is 14.5. The lowest BCUT2D eigenvalue weighted by molar-refractivity contribution is -0.0904. The molecular weight excluding hydrogens is 272 g/mol. The first-order chi connectivity index (χ1) is 10.4. The molecule has 1 aromatic carbocycles. The Bertz CT molecular complexity index is 603. The summed E-state index contributed by atoms with van der Waals surface area (Å²) in [5.74, 6) is 0.636. The Balaban J connectivity index is 1.57. The summed E-state index contributed by atoms with van der Waals surface area (Å²) in [6.07, 6.45) is 5.08. The largest absolute Gasteiger partial charge is 0.342 e. The Labute approximate surface area is 133 Å². The number of benzene rings is 1. The average Bonchev–Trinajstić information content (AvgIpc) is 3.06. The van der Waals surface area contributed by atoms with Crippen molar-refractivity contribution in [1.82, 2.24) is 0 Å². The highest BCUT2D eigenvalue weighted by Gasteiger charge is 2.70. The van der Waals surface area contributed by atoms with Crippen molar-refractivity contribution >= 4 is 6.08 Å². The van der Waals surface area contributed by atoms with E-state index in [4.69, 9.17) is 9.47 Å². The van der Waals surface area contributed by atoms with Crippen LogP contribution in [0.5, 0.6) is 0 Å². The Morgan fingerprint density at radius 1 is 1.14 bits per heavy atom. The summed E-state index contributed by atoms with van der Waals surface area (Å²) in [6.45, 7) is 9.32. The Morgan fingerprint density at radius 3 is 2.55 bits per heavy atom. The first-order valence-electron chi connectivity index (χ1n) is 8.48. The first-order valence-corrected chi connectivity index (χ1v) is 8.48. The molecule has 2 nitrogen and oxygen atoms in total. The summed E-state index contributed by atoms with van der Waals surface area (Å²) in [5, 5.41) is 0. The molecule has 1 aliphatic heterocycles. The molecule has 2 aliphatic carbocycles. The highest BCUT2D eigenvalue weighted by Crippen LogP contribution is 2.68. The maximum atomic E-state index is 6.40. The third-order valence-electron chi connectivity index (χ3n) is 6.81. The molecule has 5 atom stereocenters. The fraction of sp³-hybridized carbons (Fsp3) is 0.600. The molecule has 4 rings (SSSR count). The predicted octanol–water partition coefficient (Wildman–Crippen LogP) is 4.66. The van der Waals surface area contributed by atoms with E-state index < -0.39 is 0 Å². The third-order valence-corrected chi connectivity index (χ3v) is 6.81. The minimum absolute atomic E-state index is 0.175. The Kier molecular flexibility index (Phi) is 3.08. The molecule has 2 heteroatoms. The lowest BCUT2D eigenvalue weighted by Crippen LogP contribution is -2.38. The van der Waals surface area contributed by atoms with Crippen LogP contribution in [0, 0.1) is 16.7 Å². The number of ether oxygens (including phenoxy) is 2. The van der Waals surface area contributed by atoms with E-state index in [1.807, 2.05) is 6.07 Å². The van der Waals surface area contributed by atoms with E-state index in [0.29, 0.717) is 11.3 Å². The smallest absolute Gasteiger partial charge is 0.180 e. The maximum Gasteiger partial charge on any atom is 0.180 e. The van der Waals surface area contributed by atoms with E-state index in [9.17, 15) is 0 Å². The molecule has 0 aromatic heterocycles. The molecule has 0 spiro atoms. The van der Waals surface area contributed by atoms with Crippen molar-refractivity contribution in [2.45, 2.75) is 59.0 Å². The fourth-order valence-electron chi connectivity index (χ4n) is 5.02. The summed E-state index contributed by atoms with van der Waals surface area (Å²) in [4.78, 5) is 0. The minimum Gasteiger partial charge on any atom is -0.342 e. The Hall–Kier alpha value is -1.12. The standard InChI is InChI=1S/C20H26O2/c1-13(12-14-8-6-5-7-9-14)18-21-16-15-10-11-20(4,17(16)22-18)19(15,2)3/h5-9,12,15-18H,10-11H2,1-4H3/b13-12+/t15-,16-,17-,18-,20+/m1/s1. The molecule has 0 N–H and O–H groups in total. The molecule has 2 bridgehead atoms. The number of rotatable bonds is 2. The number of hydrogen-bond acceptors (Lipinski definition) is 2. The molecule has 1 saturated heterocycles. The SMILES string of the molecule is C/C(=C\c1ccccc1)[C@@H]1O[C@@H]2[C@H]3CC[C@@](C)([C@@H]2O1)C3(C)C. The van der Waals surface area contributed by atoms with Crippen LogP contribution < -0.4 is 0 Å².